The summed E-state index contributed by atoms with van der Waals surface area (Å²) >= 11 is 12.3. The van der Waals surface area contributed by atoms with Gasteiger partial charge in [0.15, 0.2) is 3.95 Å². The molecule has 0 aliphatic carbocycles. The van der Waals surface area contributed by atoms with Crippen LogP contribution in [-0.4, -0.2) is 10.2 Å². The molecule has 14 heavy (non-hydrogen) atoms. The van der Waals surface area contributed by atoms with Gasteiger partial charge in [0, 0.05) is 5.57 Å². The van der Waals surface area contributed by atoms with Crippen LogP contribution in [0.25, 0.3) is 5.57 Å². The molecule has 0 aliphatic rings. The maximum absolute atomic E-state index is 6.03. The lowest BCUT2D eigenvalue weighted by Gasteiger charge is -1.96. The number of nitrogens with one attached hydrogen (secondary N) is 1. The predicted octanol–water partition coefficient (Wildman–Crippen LogP) is 3.91. The first-order chi connectivity index (χ1) is 6.69. The Morgan fingerprint density at radius 1 is 1.71 bits per heavy atom. The van der Waals surface area contributed by atoms with Crippen molar-refractivity contribution in [2.45, 2.75) is 6.92 Å². The molecule has 5 heteroatoms. The maximum Gasteiger partial charge on any atom is 0.176 e. The SMILES string of the molecule is C=C/C(=C(Cl)\C=C/C)c1n[nH]c(=S)s1. The number of hydrogen-bond acceptors (Lipinski definition) is 3. The van der Waals surface area contributed by atoms with Crippen LogP contribution in [0.3, 0.4) is 0 Å². The Morgan fingerprint density at radius 3 is 2.86 bits per heavy atom. The minimum absolute atomic E-state index is 0.611. The van der Waals surface area contributed by atoms with Gasteiger partial charge < -0.3 is 0 Å². The molecule has 0 aliphatic heterocycles. The summed E-state index contributed by atoms with van der Waals surface area (Å²) in [5.41, 5.74) is 0.794. The number of aromatic amines is 1. The Hall–Kier alpha value is -0.710. The van der Waals surface area contributed by atoms with Gasteiger partial charge in [-0.15, -0.1) is 0 Å². The average Bonchev–Trinajstić information content (AvgIpc) is 2.54. The molecule has 0 fully saturated rings. The zero-order valence-electron chi connectivity index (χ0n) is 7.58. The van der Waals surface area contributed by atoms with Gasteiger partial charge in [0.05, 0.1) is 5.03 Å². The zero-order valence-corrected chi connectivity index (χ0v) is 9.97. The molecule has 0 aromatic carbocycles. The third-order valence-corrected chi connectivity index (χ3v) is 2.90. The number of hydrogen-bond donors (Lipinski definition) is 1. The number of halogens is 1. The van der Waals surface area contributed by atoms with Crippen LogP contribution in [0.15, 0.2) is 29.8 Å². The van der Waals surface area contributed by atoms with Gasteiger partial charge in [0.2, 0.25) is 0 Å². The third-order valence-electron chi connectivity index (χ3n) is 1.44. The molecule has 1 heterocycles. The highest BCUT2D eigenvalue weighted by Gasteiger charge is 2.05. The molecule has 0 saturated heterocycles. The van der Waals surface area contributed by atoms with Crippen LogP contribution in [0.2, 0.25) is 0 Å². The highest BCUT2D eigenvalue weighted by atomic mass is 35.5. The minimum Gasteiger partial charge on any atom is -0.258 e. The van der Waals surface area contributed by atoms with E-state index >= 15 is 0 Å². The Balaban J connectivity index is 3.22. The van der Waals surface area contributed by atoms with E-state index in [0.29, 0.717) is 8.99 Å². The van der Waals surface area contributed by atoms with Crippen LogP contribution >= 0.6 is 35.2 Å². The second-order valence-corrected chi connectivity index (χ2v) is 4.46. The zero-order chi connectivity index (χ0) is 10.6. The third kappa shape index (κ3) is 2.64. The molecule has 1 rings (SSSR count). The first-order valence-electron chi connectivity index (χ1n) is 3.89. The highest BCUT2D eigenvalue weighted by molar-refractivity contribution is 7.73. The van der Waals surface area contributed by atoms with Crippen LogP contribution < -0.4 is 0 Å². The fourth-order valence-corrected chi connectivity index (χ4v) is 2.16. The van der Waals surface area contributed by atoms with E-state index in [0.717, 1.165) is 10.6 Å². The summed E-state index contributed by atoms with van der Waals surface area (Å²) in [6, 6.07) is 0. The van der Waals surface area contributed by atoms with Gasteiger partial charge in [-0.25, -0.2) is 0 Å². The molecule has 0 amide bonds. The first-order valence-corrected chi connectivity index (χ1v) is 5.50. The molecule has 74 valence electrons. The average molecular weight is 245 g/mol. The molecular formula is C9H9ClN2S2. The van der Waals surface area contributed by atoms with Crippen molar-refractivity contribution in [3.8, 4) is 0 Å². The number of rotatable bonds is 3. The second kappa shape index (κ2) is 5.24. The molecule has 1 aromatic heterocycles. The molecule has 1 N–H and O–H groups in total. The van der Waals surface area contributed by atoms with Gasteiger partial charge in [0.25, 0.3) is 0 Å². The van der Waals surface area contributed by atoms with Gasteiger partial charge in [-0.3, -0.25) is 5.10 Å². The first kappa shape index (κ1) is 11.4. The smallest absolute Gasteiger partial charge is 0.176 e. The lowest BCUT2D eigenvalue weighted by Crippen LogP contribution is -1.81. The summed E-state index contributed by atoms with van der Waals surface area (Å²) in [7, 11) is 0. The second-order valence-electron chi connectivity index (χ2n) is 2.38. The number of H-pyrrole nitrogens is 1. The van der Waals surface area contributed by atoms with Crippen LogP contribution in [0.1, 0.15) is 11.9 Å². The standard InChI is InChI=1S/C9H9ClN2S2/c1-3-5-7(10)6(4-2)8-11-12-9(13)14-8/h3-5H,2H2,1H3,(H,12,13)/b5-3-,7-6-. The van der Waals surface area contributed by atoms with Crippen molar-refractivity contribution >= 4 is 40.7 Å². The van der Waals surface area contributed by atoms with E-state index in [1.165, 1.54) is 11.3 Å². The van der Waals surface area contributed by atoms with Crippen molar-refractivity contribution in [3.63, 3.8) is 0 Å². The predicted molar refractivity (Wildman–Crippen MR) is 65.1 cm³/mol. The van der Waals surface area contributed by atoms with Crippen molar-refractivity contribution in [2.24, 2.45) is 0 Å². The van der Waals surface area contributed by atoms with Crippen LogP contribution in [0, 0.1) is 3.95 Å². The summed E-state index contributed by atoms with van der Waals surface area (Å²) in [6.45, 7) is 5.59. The fraction of sp³-hybridized carbons (Fsp3) is 0.111. The maximum atomic E-state index is 6.03. The Kier molecular flexibility index (Phi) is 4.25. The normalized spacial score (nSPS) is 13.0. The van der Waals surface area contributed by atoms with Crippen molar-refractivity contribution < 1.29 is 0 Å². The van der Waals surface area contributed by atoms with Crippen molar-refractivity contribution in [1.29, 1.82) is 0 Å². The van der Waals surface area contributed by atoms with Crippen molar-refractivity contribution in [1.82, 2.24) is 10.2 Å². The number of allylic oxidation sites excluding steroid dienone is 5. The molecule has 0 atom stereocenters. The van der Waals surface area contributed by atoms with Crippen LogP contribution in [0.4, 0.5) is 0 Å². The van der Waals surface area contributed by atoms with Gasteiger partial charge >= 0.3 is 0 Å². The quantitative estimate of drug-likeness (QED) is 0.645. The molecule has 0 radical (unpaired) electrons. The van der Waals surface area contributed by atoms with E-state index in [-0.39, 0.29) is 0 Å². The lowest BCUT2D eigenvalue weighted by atomic mass is 10.2. The molecule has 2 nitrogen and oxygen atoms in total. The number of aromatic nitrogens is 2. The van der Waals surface area contributed by atoms with Crippen molar-refractivity contribution in [3.05, 3.63) is 38.8 Å². The Morgan fingerprint density at radius 2 is 2.43 bits per heavy atom. The largest absolute Gasteiger partial charge is 0.258 e. The lowest BCUT2D eigenvalue weighted by molar-refractivity contribution is 1.06. The van der Waals surface area contributed by atoms with Gasteiger partial charge in [-0.05, 0) is 25.2 Å². The molecule has 1 aromatic rings. The van der Waals surface area contributed by atoms with E-state index < -0.39 is 0 Å². The van der Waals surface area contributed by atoms with Gasteiger partial charge in [-0.1, -0.05) is 41.7 Å². The minimum atomic E-state index is 0.611. The van der Waals surface area contributed by atoms with Crippen LogP contribution in [-0.2, 0) is 0 Å². The Bertz CT molecular complexity index is 440. The summed E-state index contributed by atoms with van der Waals surface area (Å²) in [5, 5.41) is 8.10. The summed E-state index contributed by atoms with van der Waals surface area (Å²) in [4.78, 5) is 0. The van der Waals surface area contributed by atoms with Crippen molar-refractivity contribution in [2.75, 3.05) is 0 Å². The summed E-state index contributed by atoms with van der Waals surface area (Å²) < 4.78 is 0.629. The van der Waals surface area contributed by atoms with E-state index in [2.05, 4.69) is 16.8 Å². The summed E-state index contributed by atoms with van der Waals surface area (Å²) in [6.07, 6.45) is 5.32. The molecular weight excluding hydrogens is 236 g/mol. The van der Waals surface area contributed by atoms with E-state index in [4.69, 9.17) is 23.8 Å². The van der Waals surface area contributed by atoms with Gasteiger partial charge in [0.1, 0.15) is 5.01 Å². The molecule has 0 saturated carbocycles. The monoisotopic (exact) mass is 244 g/mol. The highest BCUT2D eigenvalue weighted by Crippen LogP contribution is 2.24. The fourth-order valence-electron chi connectivity index (χ4n) is 0.868. The summed E-state index contributed by atoms with van der Waals surface area (Å²) in [5.74, 6) is 0. The topological polar surface area (TPSA) is 28.7 Å². The van der Waals surface area contributed by atoms with E-state index in [1.54, 1.807) is 12.2 Å². The van der Waals surface area contributed by atoms with Crippen LogP contribution in [0.5, 0.6) is 0 Å². The van der Waals surface area contributed by atoms with Gasteiger partial charge in [-0.2, -0.15) is 5.10 Å². The number of nitrogens with zero attached hydrogens (tertiary/aromatic N) is 1. The van der Waals surface area contributed by atoms with E-state index in [1.807, 2.05) is 13.0 Å². The molecule has 0 unspecified atom stereocenters. The molecule has 0 spiro atoms. The molecule has 0 bridgehead atoms. The Labute approximate surface area is 96.6 Å². The van der Waals surface area contributed by atoms with E-state index in [9.17, 15) is 0 Å².